The van der Waals surface area contributed by atoms with Crippen molar-refractivity contribution >= 4 is 10.0 Å². The smallest absolute Gasteiger partial charge is 0.387 e. The first kappa shape index (κ1) is 15.8. The Hall–Kier alpha value is -1.25. The SMILES string of the molecule is CNS(=O)(=O)CCNCc1ccc(OC(F)F)cc1. The topological polar surface area (TPSA) is 67.4 Å². The lowest BCUT2D eigenvalue weighted by atomic mass is 10.2. The zero-order chi connectivity index (χ0) is 14.3. The van der Waals surface area contributed by atoms with Gasteiger partial charge < -0.3 is 10.1 Å². The van der Waals surface area contributed by atoms with Crippen LogP contribution in [-0.2, 0) is 16.6 Å². The van der Waals surface area contributed by atoms with Crippen LogP contribution >= 0.6 is 0 Å². The van der Waals surface area contributed by atoms with E-state index in [0.29, 0.717) is 13.1 Å². The van der Waals surface area contributed by atoms with Gasteiger partial charge in [-0.1, -0.05) is 12.1 Å². The lowest BCUT2D eigenvalue weighted by Gasteiger charge is -2.07. The van der Waals surface area contributed by atoms with E-state index >= 15 is 0 Å². The number of ether oxygens (including phenoxy) is 1. The highest BCUT2D eigenvalue weighted by Gasteiger charge is 2.06. The molecule has 8 heteroatoms. The summed E-state index contributed by atoms with van der Waals surface area (Å²) in [4.78, 5) is 0. The largest absolute Gasteiger partial charge is 0.435 e. The zero-order valence-electron chi connectivity index (χ0n) is 10.4. The Kier molecular flexibility index (Phi) is 6.13. The van der Waals surface area contributed by atoms with Crippen LogP contribution in [0.25, 0.3) is 0 Å². The molecule has 0 aliphatic heterocycles. The number of sulfonamides is 1. The van der Waals surface area contributed by atoms with Gasteiger partial charge in [0.05, 0.1) is 5.75 Å². The minimum absolute atomic E-state index is 0.0178. The second-order valence-electron chi connectivity index (χ2n) is 3.72. The maximum Gasteiger partial charge on any atom is 0.387 e. The second-order valence-corrected chi connectivity index (χ2v) is 5.77. The highest BCUT2D eigenvalue weighted by molar-refractivity contribution is 7.89. The third-order valence-electron chi connectivity index (χ3n) is 2.34. The van der Waals surface area contributed by atoms with Gasteiger partial charge >= 0.3 is 6.61 Å². The van der Waals surface area contributed by atoms with Gasteiger partial charge in [0.15, 0.2) is 0 Å². The molecule has 108 valence electrons. The van der Waals surface area contributed by atoms with Crippen molar-refractivity contribution in [1.82, 2.24) is 10.0 Å². The molecule has 0 unspecified atom stereocenters. The van der Waals surface area contributed by atoms with Crippen molar-refractivity contribution in [3.05, 3.63) is 29.8 Å². The summed E-state index contributed by atoms with van der Waals surface area (Å²) in [6, 6.07) is 6.15. The molecular weight excluding hydrogens is 278 g/mol. The standard InChI is InChI=1S/C11H16F2N2O3S/c1-14-19(16,17)7-6-15-8-9-2-4-10(5-3-9)18-11(12)13/h2-5,11,14-15H,6-8H2,1H3. The Morgan fingerprint density at radius 1 is 1.26 bits per heavy atom. The molecule has 1 rings (SSSR count). The molecule has 0 fully saturated rings. The monoisotopic (exact) mass is 294 g/mol. The number of hydrogen-bond acceptors (Lipinski definition) is 4. The fourth-order valence-corrected chi connectivity index (χ4v) is 1.95. The van der Waals surface area contributed by atoms with Gasteiger partial charge in [-0.05, 0) is 24.7 Å². The first-order chi connectivity index (χ1) is 8.93. The minimum Gasteiger partial charge on any atom is -0.435 e. The van der Waals surface area contributed by atoms with E-state index in [0.717, 1.165) is 5.56 Å². The number of benzene rings is 1. The minimum atomic E-state index is -3.21. The van der Waals surface area contributed by atoms with Crippen molar-refractivity contribution in [3.63, 3.8) is 0 Å². The van der Waals surface area contributed by atoms with Crippen LogP contribution in [0.1, 0.15) is 5.56 Å². The van der Waals surface area contributed by atoms with Crippen LogP contribution in [0.15, 0.2) is 24.3 Å². The second kappa shape index (κ2) is 7.37. The van der Waals surface area contributed by atoms with E-state index in [1.54, 1.807) is 12.1 Å². The van der Waals surface area contributed by atoms with Crippen molar-refractivity contribution < 1.29 is 21.9 Å². The summed E-state index contributed by atoms with van der Waals surface area (Å²) in [7, 11) is -1.85. The van der Waals surface area contributed by atoms with Crippen LogP contribution in [0, 0.1) is 0 Å². The molecule has 0 bridgehead atoms. The normalized spacial score (nSPS) is 11.8. The molecule has 1 aromatic rings. The molecule has 0 spiro atoms. The Balaban J connectivity index is 2.34. The van der Waals surface area contributed by atoms with Gasteiger partial charge in [0, 0.05) is 13.1 Å². The maximum atomic E-state index is 11.9. The lowest BCUT2D eigenvalue weighted by Crippen LogP contribution is -2.29. The third-order valence-corrected chi connectivity index (χ3v) is 3.70. The fraction of sp³-hybridized carbons (Fsp3) is 0.455. The molecule has 0 atom stereocenters. The van der Waals surface area contributed by atoms with E-state index in [4.69, 9.17) is 0 Å². The van der Waals surface area contributed by atoms with Crippen molar-refractivity contribution in [1.29, 1.82) is 0 Å². The van der Waals surface area contributed by atoms with Crippen LogP contribution in [0.2, 0.25) is 0 Å². The quantitative estimate of drug-likeness (QED) is 0.700. The highest BCUT2D eigenvalue weighted by Crippen LogP contribution is 2.14. The van der Waals surface area contributed by atoms with E-state index < -0.39 is 16.6 Å². The molecule has 0 saturated carbocycles. The molecule has 19 heavy (non-hydrogen) atoms. The fourth-order valence-electron chi connectivity index (χ4n) is 1.33. The van der Waals surface area contributed by atoms with Crippen molar-refractivity contribution in [2.24, 2.45) is 0 Å². The van der Waals surface area contributed by atoms with Gasteiger partial charge in [-0.2, -0.15) is 8.78 Å². The number of nitrogens with one attached hydrogen (secondary N) is 2. The predicted octanol–water partition coefficient (Wildman–Crippen LogP) is 0.927. The van der Waals surface area contributed by atoms with Crippen molar-refractivity contribution in [2.45, 2.75) is 13.2 Å². The summed E-state index contributed by atoms with van der Waals surface area (Å²) in [5.74, 6) is 0.0762. The number of halogens is 2. The first-order valence-corrected chi connectivity index (χ1v) is 7.24. The molecule has 2 N–H and O–H groups in total. The van der Waals surface area contributed by atoms with Gasteiger partial charge in [0.25, 0.3) is 0 Å². The molecule has 0 aromatic heterocycles. The molecule has 5 nitrogen and oxygen atoms in total. The summed E-state index contributed by atoms with van der Waals surface area (Å²) in [5.41, 5.74) is 0.850. The zero-order valence-corrected chi connectivity index (χ0v) is 11.2. The Morgan fingerprint density at radius 2 is 1.89 bits per heavy atom. The van der Waals surface area contributed by atoms with E-state index in [1.165, 1.54) is 19.2 Å². The van der Waals surface area contributed by atoms with Crippen LogP contribution < -0.4 is 14.8 Å². The number of rotatable bonds is 8. The summed E-state index contributed by atoms with van der Waals surface area (Å²) < 4.78 is 52.5. The Labute approximate surface area is 111 Å². The number of hydrogen-bond donors (Lipinski definition) is 2. The highest BCUT2D eigenvalue weighted by atomic mass is 32.2. The van der Waals surface area contributed by atoms with E-state index in [1.807, 2.05) is 0 Å². The Bertz CT molecular complexity index is 477. The molecule has 0 heterocycles. The van der Waals surface area contributed by atoms with Gasteiger partial charge in [-0.3, -0.25) is 0 Å². The van der Waals surface area contributed by atoms with Crippen molar-refractivity contribution in [2.75, 3.05) is 19.3 Å². The van der Waals surface area contributed by atoms with E-state index in [2.05, 4.69) is 14.8 Å². The van der Waals surface area contributed by atoms with Gasteiger partial charge in [0.2, 0.25) is 10.0 Å². The summed E-state index contributed by atoms with van der Waals surface area (Å²) >= 11 is 0. The first-order valence-electron chi connectivity index (χ1n) is 5.58. The molecule has 0 aliphatic carbocycles. The average molecular weight is 294 g/mol. The van der Waals surface area contributed by atoms with Gasteiger partial charge in [0.1, 0.15) is 5.75 Å². The predicted molar refractivity (Wildman–Crippen MR) is 67.6 cm³/mol. The molecule has 0 amide bonds. The summed E-state index contributed by atoms with van der Waals surface area (Å²) in [6.07, 6.45) is 0. The van der Waals surface area contributed by atoms with Crippen LogP contribution in [0.3, 0.4) is 0 Å². The lowest BCUT2D eigenvalue weighted by molar-refractivity contribution is -0.0498. The van der Waals surface area contributed by atoms with Gasteiger partial charge in [-0.15, -0.1) is 0 Å². The summed E-state index contributed by atoms with van der Waals surface area (Å²) in [5, 5.41) is 2.94. The van der Waals surface area contributed by atoms with Crippen LogP contribution in [0.4, 0.5) is 8.78 Å². The van der Waals surface area contributed by atoms with E-state index in [9.17, 15) is 17.2 Å². The molecule has 0 aliphatic rings. The number of alkyl halides is 2. The third kappa shape index (κ3) is 6.46. The molecule has 1 aromatic carbocycles. The maximum absolute atomic E-state index is 11.9. The molecule has 0 saturated heterocycles. The molecule has 0 radical (unpaired) electrons. The van der Waals surface area contributed by atoms with Crippen LogP contribution in [-0.4, -0.2) is 34.4 Å². The van der Waals surface area contributed by atoms with Gasteiger partial charge in [-0.25, -0.2) is 13.1 Å². The van der Waals surface area contributed by atoms with Crippen molar-refractivity contribution in [3.8, 4) is 5.75 Å². The average Bonchev–Trinajstić information content (AvgIpc) is 2.36. The summed E-state index contributed by atoms with van der Waals surface area (Å²) in [6.45, 7) is -2.08. The van der Waals surface area contributed by atoms with E-state index in [-0.39, 0.29) is 11.5 Å². The molecular formula is C11H16F2N2O3S. The van der Waals surface area contributed by atoms with Crippen LogP contribution in [0.5, 0.6) is 5.75 Å². The Morgan fingerprint density at radius 3 is 2.42 bits per heavy atom.